The van der Waals surface area contributed by atoms with Crippen LogP contribution in [0.2, 0.25) is 85.1 Å². The van der Waals surface area contributed by atoms with Crippen molar-refractivity contribution < 1.29 is 0 Å². The lowest BCUT2D eigenvalue weighted by atomic mass is 10.1. The summed E-state index contributed by atoms with van der Waals surface area (Å²) in [5.41, 5.74) is 0. The molecule has 0 fully saturated rings. The van der Waals surface area contributed by atoms with E-state index < -0.39 is 43.6 Å². The molecular weight excluding hydrogens is 445 g/mol. The first-order chi connectivity index (χ1) is 12.8. The fourth-order valence-corrected chi connectivity index (χ4v) is 156. The zero-order chi connectivity index (χ0) is 22.7. The molecule has 0 aromatic heterocycles. The third kappa shape index (κ3) is 3.65. The van der Waals surface area contributed by atoms with E-state index in [0.29, 0.717) is 0 Å². The Bertz CT molecular complexity index is 882. The quantitative estimate of drug-likeness (QED) is 0.372. The number of rotatable bonds is 6. The van der Waals surface area contributed by atoms with Gasteiger partial charge in [0, 0.05) is 36.0 Å². The predicted octanol–water partition coefficient (Wildman–Crippen LogP) is 7.32. The van der Waals surface area contributed by atoms with Crippen LogP contribution in [-0.4, -0.2) is 43.6 Å². The fourth-order valence-electron chi connectivity index (χ4n) is 5.39. The molecule has 0 atom stereocenters. The van der Waals surface area contributed by atoms with Gasteiger partial charge in [0.2, 0.25) is 0 Å². The van der Waals surface area contributed by atoms with Crippen LogP contribution in [0.5, 0.6) is 0 Å². The number of fused-ring (bicyclic) bond motifs is 1. The van der Waals surface area contributed by atoms with Gasteiger partial charge >= 0.3 is 0 Å². The molecule has 29 heavy (non-hydrogen) atoms. The monoisotopic (exact) mass is 490 g/mol. The van der Waals surface area contributed by atoms with Crippen LogP contribution < -0.4 is 5.19 Å². The van der Waals surface area contributed by atoms with Gasteiger partial charge in [0.15, 0.2) is 0 Å². The van der Waals surface area contributed by atoms with Gasteiger partial charge in [-0.3, -0.25) is 0 Å². The molecular formula is C23H46Si6. The molecule has 0 unspecified atom stereocenters. The summed E-state index contributed by atoms with van der Waals surface area (Å²) in [7, 11) is -8.04. The van der Waals surface area contributed by atoms with Gasteiger partial charge in [-0.05, 0) is 10.8 Å². The minimum Gasteiger partial charge on any atom is -0.0735 e. The summed E-state index contributed by atoms with van der Waals surface area (Å²) in [4.78, 5) is 0. The summed E-state index contributed by atoms with van der Waals surface area (Å²) in [5, 5.41) is 4.71. The van der Waals surface area contributed by atoms with Crippen LogP contribution >= 0.6 is 0 Å². The molecule has 2 aromatic rings. The highest BCUT2D eigenvalue weighted by atomic mass is 30.0. The molecule has 0 radical (unpaired) electrons. The average molecular weight is 491 g/mol. The summed E-state index contributed by atoms with van der Waals surface area (Å²) >= 11 is 0. The van der Waals surface area contributed by atoms with Crippen molar-refractivity contribution in [2.75, 3.05) is 0 Å². The van der Waals surface area contributed by atoms with E-state index in [2.05, 4.69) is 128 Å². The second kappa shape index (κ2) is 7.55. The standard InChI is InChI=1S/C23H46Si6/c1-24(2,3)26(6,7)28(10,11)29(12,13)27(8,9)25(4,5)23-20-16-18-21-17-14-15-19-22(21)23/h14-20H,1-13H3. The lowest BCUT2D eigenvalue weighted by Gasteiger charge is -2.61. The summed E-state index contributed by atoms with van der Waals surface area (Å²) in [6, 6.07) is 16.3. The minimum atomic E-state index is -1.58. The van der Waals surface area contributed by atoms with Crippen molar-refractivity contribution in [1.29, 1.82) is 0 Å². The third-order valence-electron chi connectivity index (χ3n) is 10.6. The van der Waals surface area contributed by atoms with Crippen LogP contribution in [0.15, 0.2) is 42.5 Å². The van der Waals surface area contributed by atoms with E-state index in [0.717, 1.165) is 0 Å². The van der Waals surface area contributed by atoms with Gasteiger partial charge in [0.05, 0.1) is 7.59 Å². The van der Waals surface area contributed by atoms with E-state index in [9.17, 15) is 0 Å². The molecule has 6 heteroatoms. The van der Waals surface area contributed by atoms with Crippen molar-refractivity contribution in [2.24, 2.45) is 0 Å². The van der Waals surface area contributed by atoms with Gasteiger partial charge in [0.25, 0.3) is 0 Å². The molecule has 0 N–H and O–H groups in total. The van der Waals surface area contributed by atoms with Gasteiger partial charge in [-0.1, -0.05) is 133 Å². The largest absolute Gasteiger partial charge is 0.0735 e. The number of hydrogen-bond acceptors (Lipinski definition) is 0. The zero-order valence-electron chi connectivity index (χ0n) is 21.5. The zero-order valence-corrected chi connectivity index (χ0v) is 27.5. The SMILES string of the molecule is C[Si](C)(C)[Si](C)(C)[Si](C)(C)[Si](C)(C)[Si](C)(C)[Si](C)(C)c1cccc2ccccc12. The molecule has 0 aliphatic carbocycles. The van der Waals surface area contributed by atoms with Gasteiger partial charge in [0.1, 0.15) is 0 Å². The van der Waals surface area contributed by atoms with Gasteiger partial charge in [-0.15, -0.1) is 0 Å². The maximum atomic E-state index is 2.86. The van der Waals surface area contributed by atoms with Crippen molar-refractivity contribution >= 4 is 59.6 Å². The normalized spacial score (nSPS) is 15.1. The second-order valence-electron chi connectivity index (χ2n) is 12.9. The summed E-state index contributed by atoms with van der Waals surface area (Å²) in [6.07, 6.45) is 0. The lowest BCUT2D eigenvalue weighted by Crippen LogP contribution is -2.89. The third-order valence-corrected chi connectivity index (χ3v) is 131. The van der Waals surface area contributed by atoms with E-state index in [1.807, 2.05) is 0 Å². The van der Waals surface area contributed by atoms with Gasteiger partial charge < -0.3 is 0 Å². The van der Waals surface area contributed by atoms with Crippen molar-refractivity contribution in [3.8, 4) is 0 Å². The van der Waals surface area contributed by atoms with Gasteiger partial charge in [-0.25, -0.2) is 0 Å². The first kappa shape index (κ1) is 25.3. The highest BCUT2D eigenvalue weighted by molar-refractivity contribution is 7.97. The first-order valence-corrected chi connectivity index (χ1v) is 34.8. The smallest absolute Gasteiger partial charge is 0.0719 e. The van der Waals surface area contributed by atoms with Crippen molar-refractivity contribution in [1.82, 2.24) is 0 Å². The van der Waals surface area contributed by atoms with Crippen molar-refractivity contribution in [2.45, 2.75) is 85.1 Å². The van der Waals surface area contributed by atoms with E-state index in [1.165, 1.54) is 5.39 Å². The second-order valence-corrected chi connectivity index (χ2v) is 78.4. The molecule has 0 saturated heterocycles. The maximum Gasteiger partial charge on any atom is 0.0719 e. The molecule has 0 nitrogen and oxygen atoms in total. The Balaban J connectivity index is 2.71. The summed E-state index contributed by atoms with van der Waals surface area (Å²) in [6.45, 7) is 36.2. The Morgan fingerprint density at radius 3 is 1.41 bits per heavy atom. The lowest BCUT2D eigenvalue weighted by molar-refractivity contribution is 1.71. The van der Waals surface area contributed by atoms with Gasteiger partial charge in [-0.2, -0.15) is 0 Å². The molecule has 0 aliphatic rings. The average Bonchev–Trinajstić information content (AvgIpc) is 2.59. The molecule has 0 heterocycles. The molecule has 162 valence electrons. The minimum absolute atomic E-state index is 1.12. The Hall–Kier alpha value is 0.00130. The molecule has 2 rings (SSSR count). The van der Waals surface area contributed by atoms with Crippen LogP contribution in [0.1, 0.15) is 0 Å². The van der Waals surface area contributed by atoms with E-state index in [4.69, 9.17) is 0 Å². The topological polar surface area (TPSA) is 0 Å². The number of hydrogen-bond donors (Lipinski definition) is 0. The summed E-state index contributed by atoms with van der Waals surface area (Å²) in [5.74, 6) is 0. The predicted molar refractivity (Wildman–Crippen MR) is 154 cm³/mol. The maximum absolute atomic E-state index is 2.86. The van der Waals surface area contributed by atoms with Crippen LogP contribution in [-0.2, 0) is 0 Å². The van der Waals surface area contributed by atoms with E-state index in [-0.39, 0.29) is 0 Å². The van der Waals surface area contributed by atoms with Crippen molar-refractivity contribution in [3.05, 3.63) is 42.5 Å². The van der Waals surface area contributed by atoms with Crippen LogP contribution in [0.4, 0.5) is 0 Å². The van der Waals surface area contributed by atoms with Crippen LogP contribution in [0, 0.1) is 0 Å². The highest BCUT2D eigenvalue weighted by Gasteiger charge is 2.65. The van der Waals surface area contributed by atoms with E-state index in [1.54, 1.807) is 10.6 Å². The number of benzene rings is 2. The molecule has 0 amide bonds. The highest BCUT2D eigenvalue weighted by Crippen LogP contribution is 2.42. The Kier molecular flexibility index (Phi) is 6.58. The van der Waals surface area contributed by atoms with E-state index >= 15 is 0 Å². The molecule has 2 aromatic carbocycles. The van der Waals surface area contributed by atoms with Crippen LogP contribution in [0.25, 0.3) is 10.8 Å². The van der Waals surface area contributed by atoms with Crippen molar-refractivity contribution in [3.63, 3.8) is 0 Å². The summed E-state index contributed by atoms with van der Waals surface area (Å²) < 4.78 is 0. The molecule has 0 spiro atoms. The molecule has 0 bridgehead atoms. The van der Waals surface area contributed by atoms with Crippen LogP contribution in [0.3, 0.4) is 0 Å². The Labute approximate surface area is 186 Å². The Morgan fingerprint density at radius 2 is 0.897 bits per heavy atom. The molecule has 0 saturated carbocycles. The fraction of sp³-hybridized carbons (Fsp3) is 0.565. The molecule has 0 aliphatic heterocycles. The first-order valence-electron chi connectivity index (χ1n) is 11.3. The Morgan fingerprint density at radius 1 is 0.448 bits per heavy atom.